The Bertz CT molecular complexity index is 530. The number of aryl methyl sites for hydroxylation is 2. The summed E-state index contributed by atoms with van der Waals surface area (Å²) in [4.78, 5) is 15.5. The molecule has 0 saturated carbocycles. The molecule has 0 radical (unpaired) electrons. The molecule has 4 nitrogen and oxygen atoms in total. The number of imidazole rings is 1. The molecule has 1 amide bonds. The summed E-state index contributed by atoms with van der Waals surface area (Å²) < 4.78 is 2.10. The molecule has 0 bridgehead atoms. The number of para-hydroxylation sites is 2. The SMILES string of the molecule is CCCc1nc2ccccc2n1CCC(N)=O. The van der Waals surface area contributed by atoms with Crippen molar-refractivity contribution in [3.63, 3.8) is 0 Å². The van der Waals surface area contributed by atoms with Gasteiger partial charge in [0.15, 0.2) is 0 Å². The molecule has 0 aliphatic carbocycles. The Labute approximate surface area is 100 Å². The summed E-state index contributed by atoms with van der Waals surface area (Å²) in [6.45, 7) is 2.74. The highest BCUT2D eigenvalue weighted by molar-refractivity contribution is 5.77. The third-order valence-electron chi connectivity index (χ3n) is 2.79. The van der Waals surface area contributed by atoms with Gasteiger partial charge in [-0.3, -0.25) is 4.79 Å². The van der Waals surface area contributed by atoms with E-state index in [1.807, 2.05) is 24.3 Å². The average molecular weight is 231 g/mol. The van der Waals surface area contributed by atoms with E-state index in [1.165, 1.54) is 0 Å². The van der Waals surface area contributed by atoms with E-state index < -0.39 is 0 Å². The number of rotatable bonds is 5. The van der Waals surface area contributed by atoms with Crippen LogP contribution < -0.4 is 5.73 Å². The van der Waals surface area contributed by atoms with E-state index in [0.29, 0.717) is 13.0 Å². The van der Waals surface area contributed by atoms with Gasteiger partial charge in [-0.15, -0.1) is 0 Å². The van der Waals surface area contributed by atoms with Crippen LogP contribution in [0.25, 0.3) is 11.0 Å². The molecule has 1 aromatic carbocycles. The maximum atomic E-state index is 10.9. The first-order chi connectivity index (χ1) is 8.22. The molecular formula is C13H17N3O. The molecule has 0 aliphatic heterocycles. The maximum Gasteiger partial charge on any atom is 0.219 e. The molecule has 0 unspecified atom stereocenters. The molecule has 90 valence electrons. The van der Waals surface area contributed by atoms with Crippen molar-refractivity contribution in [2.45, 2.75) is 32.7 Å². The van der Waals surface area contributed by atoms with Gasteiger partial charge in [0.1, 0.15) is 5.82 Å². The normalized spacial score (nSPS) is 10.9. The molecule has 1 heterocycles. The molecule has 0 saturated heterocycles. The fraction of sp³-hybridized carbons (Fsp3) is 0.385. The van der Waals surface area contributed by atoms with E-state index in [2.05, 4.69) is 16.5 Å². The highest BCUT2D eigenvalue weighted by Gasteiger charge is 2.09. The highest BCUT2D eigenvalue weighted by atomic mass is 16.1. The van der Waals surface area contributed by atoms with Gasteiger partial charge in [-0.05, 0) is 18.6 Å². The van der Waals surface area contributed by atoms with E-state index in [4.69, 9.17) is 5.73 Å². The minimum atomic E-state index is -0.273. The zero-order valence-electron chi connectivity index (χ0n) is 10.0. The van der Waals surface area contributed by atoms with E-state index in [1.54, 1.807) is 0 Å². The lowest BCUT2D eigenvalue weighted by atomic mass is 10.3. The number of carbonyl (C=O) groups is 1. The van der Waals surface area contributed by atoms with Crippen LogP contribution in [0.2, 0.25) is 0 Å². The van der Waals surface area contributed by atoms with Crippen molar-refractivity contribution in [2.75, 3.05) is 0 Å². The molecule has 17 heavy (non-hydrogen) atoms. The smallest absolute Gasteiger partial charge is 0.219 e. The van der Waals surface area contributed by atoms with Crippen LogP contribution in [0.5, 0.6) is 0 Å². The van der Waals surface area contributed by atoms with E-state index in [9.17, 15) is 4.79 Å². The Morgan fingerprint density at radius 3 is 2.88 bits per heavy atom. The van der Waals surface area contributed by atoms with Gasteiger partial charge in [-0.25, -0.2) is 4.98 Å². The van der Waals surface area contributed by atoms with Crippen LogP contribution in [0.15, 0.2) is 24.3 Å². The molecule has 0 aliphatic rings. The lowest BCUT2D eigenvalue weighted by Crippen LogP contribution is -2.15. The minimum absolute atomic E-state index is 0.273. The quantitative estimate of drug-likeness (QED) is 0.853. The molecule has 2 rings (SSSR count). The molecule has 0 spiro atoms. The predicted molar refractivity (Wildman–Crippen MR) is 67.5 cm³/mol. The van der Waals surface area contributed by atoms with Crippen molar-refractivity contribution in [1.29, 1.82) is 0 Å². The molecule has 1 aromatic heterocycles. The van der Waals surface area contributed by atoms with Gasteiger partial charge in [0.25, 0.3) is 0 Å². The number of primary amides is 1. The van der Waals surface area contributed by atoms with Crippen molar-refractivity contribution >= 4 is 16.9 Å². The number of carbonyl (C=O) groups excluding carboxylic acids is 1. The monoisotopic (exact) mass is 231 g/mol. The maximum absolute atomic E-state index is 10.9. The largest absolute Gasteiger partial charge is 0.370 e. The summed E-state index contributed by atoms with van der Waals surface area (Å²) in [5.74, 6) is 0.764. The average Bonchev–Trinajstić information content (AvgIpc) is 2.64. The number of amides is 1. The Morgan fingerprint density at radius 2 is 2.18 bits per heavy atom. The number of nitrogens with two attached hydrogens (primary N) is 1. The molecular weight excluding hydrogens is 214 g/mol. The Hall–Kier alpha value is -1.84. The van der Waals surface area contributed by atoms with Gasteiger partial charge in [0, 0.05) is 19.4 Å². The lowest BCUT2D eigenvalue weighted by molar-refractivity contribution is -0.118. The minimum Gasteiger partial charge on any atom is -0.370 e. The number of benzene rings is 1. The first kappa shape index (κ1) is 11.6. The van der Waals surface area contributed by atoms with Crippen LogP contribution in [-0.4, -0.2) is 15.5 Å². The fourth-order valence-corrected chi connectivity index (χ4v) is 2.01. The van der Waals surface area contributed by atoms with Crippen LogP contribution >= 0.6 is 0 Å². The van der Waals surface area contributed by atoms with Crippen molar-refractivity contribution in [3.8, 4) is 0 Å². The Balaban J connectivity index is 2.40. The van der Waals surface area contributed by atoms with Crippen LogP contribution in [0.4, 0.5) is 0 Å². The van der Waals surface area contributed by atoms with Crippen molar-refractivity contribution in [1.82, 2.24) is 9.55 Å². The van der Waals surface area contributed by atoms with Crippen LogP contribution in [0.1, 0.15) is 25.6 Å². The number of hydrogen-bond acceptors (Lipinski definition) is 2. The Morgan fingerprint density at radius 1 is 1.41 bits per heavy atom. The first-order valence-electron chi connectivity index (χ1n) is 5.95. The zero-order chi connectivity index (χ0) is 12.3. The standard InChI is InChI=1S/C13H17N3O/c1-2-5-13-15-10-6-3-4-7-11(10)16(13)9-8-12(14)17/h3-4,6-7H,2,5,8-9H2,1H3,(H2,14,17). The number of aromatic nitrogens is 2. The van der Waals surface area contributed by atoms with Crippen LogP contribution in [0, 0.1) is 0 Å². The van der Waals surface area contributed by atoms with Gasteiger partial charge < -0.3 is 10.3 Å². The summed E-state index contributed by atoms with van der Waals surface area (Å²) in [6, 6.07) is 7.99. The van der Waals surface area contributed by atoms with Crippen molar-refractivity contribution in [2.24, 2.45) is 5.73 Å². The summed E-state index contributed by atoms with van der Waals surface area (Å²) in [6.07, 6.45) is 2.32. The van der Waals surface area contributed by atoms with Gasteiger partial charge in [-0.2, -0.15) is 0 Å². The topological polar surface area (TPSA) is 60.9 Å². The summed E-state index contributed by atoms with van der Waals surface area (Å²) in [5, 5.41) is 0. The number of nitrogens with zero attached hydrogens (tertiary/aromatic N) is 2. The molecule has 2 aromatic rings. The third kappa shape index (κ3) is 2.46. The summed E-state index contributed by atoms with van der Waals surface area (Å²) >= 11 is 0. The van der Waals surface area contributed by atoms with Gasteiger partial charge in [0.05, 0.1) is 11.0 Å². The molecule has 4 heteroatoms. The summed E-state index contributed by atoms with van der Waals surface area (Å²) in [7, 11) is 0. The van der Waals surface area contributed by atoms with Crippen LogP contribution in [0.3, 0.4) is 0 Å². The summed E-state index contributed by atoms with van der Waals surface area (Å²) in [5.41, 5.74) is 7.27. The van der Waals surface area contributed by atoms with Gasteiger partial charge in [-0.1, -0.05) is 19.1 Å². The Kier molecular flexibility index (Phi) is 3.42. The lowest BCUT2D eigenvalue weighted by Gasteiger charge is -2.06. The van der Waals surface area contributed by atoms with Gasteiger partial charge in [0.2, 0.25) is 5.91 Å². The second-order valence-electron chi connectivity index (χ2n) is 4.13. The van der Waals surface area contributed by atoms with Crippen LogP contribution in [-0.2, 0) is 17.8 Å². The fourth-order valence-electron chi connectivity index (χ4n) is 2.01. The predicted octanol–water partition coefficient (Wildman–Crippen LogP) is 1.86. The van der Waals surface area contributed by atoms with Gasteiger partial charge >= 0.3 is 0 Å². The second-order valence-corrected chi connectivity index (χ2v) is 4.13. The second kappa shape index (κ2) is 4.99. The zero-order valence-corrected chi connectivity index (χ0v) is 10.0. The van der Waals surface area contributed by atoms with Crippen molar-refractivity contribution in [3.05, 3.63) is 30.1 Å². The first-order valence-corrected chi connectivity index (χ1v) is 5.95. The third-order valence-corrected chi connectivity index (χ3v) is 2.79. The highest BCUT2D eigenvalue weighted by Crippen LogP contribution is 2.17. The molecule has 0 atom stereocenters. The van der Waals surface area contributed by atoms with E-state index >= 15 is 0 Å². The number of hydrogen-bond donors (Lipinski definition) is 1. The molecule has 2 N–H and O–H groups in total. The molecule has 0 fully saturated rings. The van der Waals surface area contributed by atoms with E-state index in [0.717, 1.165) is 29.7 Å². The van der Waals surface area contributed by atoms with Crippen molar-refractivity contribution < 1.29 is 4.79 Å². The van der Waals surface area contributed by atoms with E-state index in [-0.39, 0.29) is 5.91 Å². The number of fused-ring (bicyclic) bond motifs is 1.